The molecule has 0 radical (unpaired) electrons. The van der Waals surface area contributed by atoms with E-state index in [0.29, 0.717) is 42.6 Å². The van der Waals surface area contributed by atoms with Gasteiger partial charge in [0, 0.05) is 18.2 Å². The van der Waals surface area contributed by atoms with Crippen molar-refractivity contribution in [1.29, 1.82) is 0 Å². The zero-order valence-corrected chi connectivity index (χ0v) is 12.9. The Morgan fingerprint density at radius 1 is 1.12 bits per heavy atom. The molecular weight excluding hydrogens is 314 g/mol. The summed E-state index contributed by atoms with van der Waals surface area (Å²) in [6.07, 6.45) is 2.14. The van der Waals surface area contributed by atoms with Crippen LogP contribution in [0.5, 0.6) is 11.5 Å². The number of carbonyl (C=O) groups is 2. The number of anilines is 1. The molecule has 0 saturated carbocycles. The van der Waals surface area contributed by atoms with Crippen molar-refractivity contribution in [2.45, 2.75) is 12.8 Å². The van der Waals surface area contributed by atoms with Crippen molar-refractivity contribution in [3.63, 3.8) is 0 Å². The van der Waals surface area contributed by atoms with Gasteiger partial charge in [-0.05, 0) is 24.3 Å². The second-order valence-corrected chi connectivity index (χ2v) is 5.15. The zero-order valence-electron chi connectivity index (χ0n) is 12.9. The van der Waals surface area contributed by atoms with Crippen molar-refractivity contribution >= 4 is 17.6 Å². The highest BCUT2D eigenvalue weighted by molar-refractivity contribution is 5.93. The fourth-order valence-electron chi connectivity index (χ4n) is 2.22. The predicted octanol–water partition coefficient (Wildman–Crippen LogP) is 2.17. The van der Waals surface area contributed by atoms with Crippen molar-refractivity contribution in [2.75, 3.05) is 25.1 Å². The van der Waals surface area contributed by atoms with Crippen LogP contribution < -0.4 is 14.8 Å². The molecule has 126 valence electrons. The Kier molecular flexibility index (Phi) is 5.00. The fraction of sp³-hybridized carbons (Fsp3) is 0.294. The van der Waals surface area contributed by atoms with Gasteiger partial charge in [0.15, 0.2) is 18.1 Å². The van der Waals surface area contributed by atoms with Crippen molar-refractivity contribution in [3.05, 3.63) is 42.4 Å². The van der Waals surface area contributed by atoms with Crippen LogP contribution in [-0.2, 0) is 20.7 Å². The third kappa shape index (κ3) is 4.28. The maximum Gasteiger partial charge on any atom is 0.306 e. The molecule has 7 nitrogen and oxygen atoms in total. The van der Waals surface area contributed by atoms with E-state index in [9.17, 15) is 9.59 Å². The number of furan rings is 1. The van der Waals surface area contributed by atoms with Gasteiger partial charge in [-0.1, -0.05) is 0 Å². The lowest BCUT2D eigenvalue weighted by Gasteiger charge is -2.19. The molecule has 2 heterocycles. The van der Waals surface area contributed by atoms with Crippen LogP contribution in [0.4, 0.5) is 5.69 Å². The van der Waals surface area contributed by atoms with E-state index in [-0.39, 0.29) is 13.0 Å². The number of fused-ring (bicyclic) bond motifs is 1. The van der Waals surface area contributed by atoms with E-state index in [1.807, 2.05) is 0 Å². The second-order valence-electron chi connectivity index (χ2n) is 5.15. The van der Waals surface area contributed by atoms with Crippen LogP contribution in [0.2, 0.25) is 0 Å². The normalized spacial score (nSPS) is 12.5. The summed E-state index contributed by atoms with van der Waals surface area (Å²) >= 11 is 0. The van der Waals surface area contributed by atoms with E-state index < -0.39 is 11.9 Å². The van der Waals surface area contributed by atoms with Gasteiger partial charge in [-0.15, -0.1) is 0 Å². The lowest BCUT2D eigenvalue weighted by Crippen LogP contribution is -2.21. The van der Waals surface area contributed by atoms with Crippen LogP contribution in [0.25, 0.3) is 0 Å². The average molecular weight is 331 g/mol. The summed E-state index contributed by atoms with van der Waals surface area (Å²) in [5.41, 5.74) is 0.552. The van der Waals surface area contributed by atoms with Gasteiger partial charge in [0.2, 0.25) is 0 Å². The van der Waals surface area contributed by atoms with E-state index in [1.165, 1.54) is 0 Å². The van der Waals surface area contributed by atoms with Crippen molar-refractivity contribution in [1.82, 2.24) is 0 Å². The average Bonchev–Trinajstić information content (AvgIpc) is 3.11. The Balaban J connectivity index is 1.43. The van der Waals surface area contributed by atoms with Gasteiger partial charge in [-0.3, -0.25) is 9.59 Å². The lowest BCUT2D eigenvalue weighted by atomic mass is 10.2. The fourth-order valence-corrected chi connectivity index (χ4v) is 2.22. The van der Waals surface area contributed by atoms with E-state index in [2.05, 4.69) is 5.32 Å². The molecule has 1 aliphatic rings. The maximum absolute atomic E-state index is 11.8. The van der Waals surface area contributed by atoms with Crippen molar-refractivity contribution in [3.8, 4) is 11.5 Å². The largest absolute Gasteiger partial charge is 0.486 e. The molecule has 0 unspecified atom stereocenters. The monoisotopic (exact) mass is 331 g/mol. The summed E-state index contributed by atoms with van der Waals surface area (Å²) in [7, 11) is 0. The van der Waals surface area contributed by atoms with Gasteiger partial charge in [-0.2, -0.15) is 0 Å². The van der Waals surface area contributed by atoms with Gasteiger partial charge in [0.25, 0.3) is 5.91 Å². The molecule has 2 aromatic rings. The number of aryl methyl sites for hydroxylation is 1. The Morgan fingerprint density at radius 2 is 1.96 bits per heavy atom. The zero-order chi connectivity index (χ0) is 16.8. The molecule has 1 aliphatic heterocycles. The molecule has 0 saturated heterocycles. The summed E-state index contributed by atoms with van der Waals surface area (Å²) in [6.45, 7) is 0.635. The summed E-state index contributed by atoms with van der Waals surface area (Å²) in [5, 5.41) is 2.65. The van der Waals surface area contributed by atoms with E-state index >= 15 is 0 Å². The third-order valence-corrected chi connectivity index (χ3v) is 3.35. The van der Waals surface area contributed by atoms with Crippen LogP contribution >= 0.6 is 0 Å². The molecule has 1 amide bonds. The molecule has 0 bridgehead atoms. The Hall–Kier alpha value is -2.96. The Bertz CT molecular complexity index is 710. The van der Waals surface area contributed by atoms with Gasteiger partial charge in [-0.25, -0.2) is 0 Å². The summed E-state index contributed by atoms with van der Waals surface area (Å²) in [4.78, 5) is 23.4. The molecule has 0 aliphatic carbocycles. The molecule has 1 N–H and O–H groups in total. The van der Waals surface area contributed by atoms with Gasteiger partial charge >= 0.3 is 5.97 Å². The number of hydrogen-bond donors (Lipinski definition) is 1. The van der Waals surface area contributed by atoms with E-state index in [1.54, 1.807) is 36.6 Å². The third-order valence-electron chi connectivity index (χ3n) is 3.35. The molecule has 0 fully saturated rings. The maximum atomic E-state index is 11.8. The quantitative estimate of drug-likeness (QED) is 0.816. The van der Waals surface area contributed by atoms with Gasteiger partial charge in [0.1, 0.15) is 19.0 Å². The number of carbonyl (C=O) groups excluding carboxylic acids is 2. The molecule has 1 aromatic heterocycles. The van der Waals surface area contributed by atoms with Crippen LogP contribution in [0.15, 0.2) is 41.0 Å². The molecule has 0 spiro atoms. The number of benzene rings is 1. The number of hydrogen-bond acceptors (Lipinski definition) is 6. The summed E-state index contributed by atoms with van der Waals surface area (Å²) in [6, 6.07) is 8.62. The van der Waals surface area contributed by atoms with Crippen LogP contribution in [0.3, 0.4) is 0 Å². The first-order valence-electron chi connectivity index (χ1n) is 7.58. The number of esters is 1. The smallest absolute Gasteiger partial charge is 0.306 e. The minimum Gasteiger partial charge on any atom is -0.486 e. The highest BCUT2D eigenvalue weighted by Crippen LogP contribution is 2.32. The van der Waals surface area contributed by atoms with Gasteiger partial charge in [0.05, 0.1) is 12.7 Å². The SMILES string of the molecule is O=C(COC(=O)CCc1ccco1)Nc1ccc2c(c1)OCCO2. The first-order valence-corrected chi connectivity index (χ1v) is 7.58. The lowest BCUT2D eigenvalue weighted by molar-refractivity contribution is -0.147. The highest BCUT2D eigenvalue weighted by atomic mass is 16.6. The number of rotatable bonds is 6. The first-order chi connectivity index (χ1) is 11.7. The Morgan fingerprint density at radius 3 is 2.75 bits per heavy atom. The predicted molar refractivity (Wildman–Crippen MR) is 84.0 cm³/mol. The van der Waals surface area contributed by atoms with Crippen molar-refractivity contribution < 1.29 is 28.2 Å². The Labute approximate surface area is 138 Å². The topological polar surface area (TPSA) is 87.0 Å². The summed E-state index contributed by atoms with van der Waals surface area (Å²) in [5.74, 6) is 1.05. The van der Waals surface area contributed by atoms with E-state index in [4.69, 9.17) is 18.6 Å². The van der Waals surface area contributed by atoms with Crippen LogP contribution in [0.1, 0.15) is 12.2 Å². The minimum absolute atomic E-state index is 0.158. The van der Waals surface area contributed by atoms with Crippen LogP contribution in [-0.4, -0.2) is 31.7 Å². The number of ether oxygens (including phenoxy) is 3. The second kappa shape index (κ2) is 7.54. The highest BCUT2D eigenvalue weighted by Gasteiger charge is 2.13. The molecule has 1 aromatic carbocycles. The molecule has 3 rings (SSSR count). The molecule has 24 heavy (non-hydrogen) atoms. The number of amides is 1. The van der Waals surface area contributed by atoms with Crippen molar-refractivity contribution in [2.24, 2.45) is 0 Å². The first kappa shape index (κ1) is 15.9. The van der Waals surface area contributed by atoms with Crippen LogP contribution in [0, 0.1) is 0 Å². The summed E-state index contributed by atoms with van der Waals surface area (Å²) < 4.78 is 20.9. The molecular formula is C17H17NO6. The minimum atomic E-state index is -0.455. The number of nitrogens with one attached hydrogen (secondary N) is 1. The standard InChI is InChI=1S/C17H17NO6/c19-16(11-24-17(20)6-4-13-2-1-7-21-13)18-12-3-5-14-15(10-12)23-9-8-22-14/h1-3,5,7,10H,4,6,8-9,11H2,(H,18,19). The van der Waals surface area contributed by atoms with Gasteiger partial charge < -0.3 is 23.9 Å². The molecule has 7 heteroatoms. The van der Waals surface area contributed by atoms with E-state index in [0.717, 1.165) is 0 Å². The molecule has 0 atom stereocenters.